The molecule has 0 saturated carbocycles. The van der Waals surface area contributed by atoms with Crippen LogP contribution in [0.4, 0.5) is 11.9 Å². The van der Waals surface area contributed by atoms with E-state index >= 15 is 0 Å². The Kier molecular flexibility index (Phi) is 9.20. The first-order chi connectivity index (χ1) is 21.0. The van der Waals surface area contributed by atoms with Crippen LogP contribution >= 0.6 is 22.7 Å². The number of hydrogen-bond donors (Lipinski definition) is 3. The Hall–Kier alpha value is -4.04. The van der Waals surface area contributed by atoms with E-state index in [2.05, 4.69) is 19.9 Å². The van der Waals surface area contributed by atoms with E-state index in [1.165, 1.54) is 35.4 Å². The van der Waals surface area contributed by atoms with Gasteiger partial charge < -0.3 is 35.5 Å². The van der Waals surface area contributed by atoms with Gasteiger partial charge in [-0.1, -0.05) is 29.6 Å². The van der Waals surface area contributed by atoms with E-state index in [9.17, 15) is 24.3 Å². The van der Waals surface area contributed by atoms with Gasteiger partial charge >= 0.3 is 21.7 Å². The Balaban J connectivity index is 0.000000175. The molecule has 2 aliphatic rings. The molecule has 0 aliphatic carbocycles. The molecular weight excluding hydrogens is 620 g/mol. The maximum atomic E-state index is 12.3. The summed E-state index contributed by atoms with van der Waals surface area (Å²) in [6, 6.07) is 0. The Morgan fingerprint density at radius 3 is 1.73 bits per heavy atom. The zero-order valence-corrected chi connectivity index (χ0v) is 25.4. The first-order valence-corrected chi connectivity index (χ1v) is 15.2. The predicted molar refractivity (Wildman–Crippen MR) is 158 cm³/mol. The number of ether oxygens (including phenoxy) is 4. The number of carbonyl (C=O) groups is 2. The number of hydrogen-bond acceptors (Lipinski definition) is 17. The highest BCUT2D eigenvalue weighted by Gasteiger charge is 2.41. The number of thiazole rings is 2. The first-order valence-electron chi connectivity index (χ1n) is 13.5. The average Bonchev–Trinajstić information content (AvgIpc) is 3.70. The summed E-state index contributed by atoms with van der Waals surface area (Å²) in [5.74, 6) is -0.788. The summed E-state index contributed by atoms with van der Waals surface area (Å²) >= 11 is 1.96. The van der Waals surface area contributed by atoms with Crippen LogP contribution in [0.25, 0.3) is 20.7 Å². The van der Waals surface area contributed by atoms with Crippen LogP contribution in [-0.4, -0.2) is 77.1 Å². The second-order valence-corrected chi connectivity index (χ2v) is 11.9. The minimum absolute atomic E-state index is 0.0276. The maximum absolute atomic E-state index is 12.3. The number of carbonyl (C=O) groups excluding carboxylic acids is 2. The van der Waals surface area contributed by atoms with Gasteiger partial charge in [-0.15, -0.1) is 0 Å². The van der Waals surface area contributed by atoms with Crippen LogP contribution in [-0.2, 0) is 28.5 Å². The third-order valence-corrected chi connectivity index (χ3v) is 8.61. The van der Waals surface area contributed by atoms with E-state index < -0.39 is 42.7 Å². The molecule has 2 aliphatic heterocycles. The van der Waals surface area contributed by atoms with Gasteiger partial charge in [0.25, 0.3) is 0 Å². The number of aliphatic hydroxyl groups excluding tert-OH is 1. The standard InChI is InChI=1S/C13H16N4O4S.C12H14N4O5S/c1-3-7-4-8(20-6(2)18)11(21-7)17-10-9(22-13(17)19)5-15-12(14)16-10;1-5(18)20-7-2-6(4-17)21-10(7)16-9-8(22-12(16)19)3-14-11(13)15-9/h5,7-8,11H,3-4H2,1-2H3,(H2,14,15,16);3,6-7,10,17H,2,4H2,1H3,(H2,13,14,15)/t7-,8-,11-;6-,7+,10+/m10/s1. The number of esters is 2. The number of anilines is 2. The Labute approximate surface area is 256 Å². The highest BCUT2D eigenvalue weighted by atomic mass is 32.1. The molecule has 236 valence electrons. The van der Waals surface area contributed by atoms with Gasteiger partial charge in [-0.3, -0.25) is 28.3 Å². The first kappa shape index (κ1) is 31.4. The van der Waals surface area contributed by atoms with E-state index in [0.29, 0.717) is 33.5 Å². The van der Waals surface area contributed by atoms with Gasteiger partial charge in [-0.2, -0.15) is 9.97 Å². The Morgan fingerprint density at radius 1 is 0.886 bits per heavy atom. The molecule has 19 heteroatoms. The van der Waals surface area contributed by atoms with Gasteiger partial charge in [-0.25, -0.2) is 9.97 Å². The average molecular weight is 651 g/mol. The smallest absolute Gasteiger partial charge is 0.311 e. The van der Waals surface area contributed by atoms with E-state index in [1.54, 1.807) is 0 Å². The minimum Gasteiger partial charge on any atom is -0.458 e. The zero-order chi connectivity index (χ0) is 31.7. The number of nitrogens with two attached hydrogens (primary N) is 2. The summed E-state index contributed by atoms with van der Waals surface area (Å²) < 4.78 is 25.9. The fourth-order valence-corrected chi connectivity index (χ4v) is 6.69. The van der Waals surface area contributed by atoms with Crippen LogP contribution in [0.15, 0.2) is 22.0 Å². The fourth-order valence-electron chi connectivity index (χ4n) is 5.05. The molecule has 6 rings (SSSR count). The van der Waals surface area contributed by atoms with Crippen molar-refractivity contribution in [3.8, 4) is 0 Å². The number of nitrogens with zero attached hydrogens (tertiary/aromatic N) is 6. The van der Waals surface area contributed by atoms with E-state index in [0.717, 1.165) is 29.1 Å². The maximum Gasteiger partial charge on any atom is 0.311 e. The molecule has 2 fully saturated rings. The molecule has 4 aromatic heterocycles. The minimum atomic E-state index is -0.850. The summed E-state index contributed by atoms with van der Waals surface area (Å²) in [7, 11) is 0. The molecule has 2 saturated heterocycles. The van der Waals surface area contributed by atoms with Crippen LogP contribution in [0.5, 0.6) is 0 Å². The van der Waals surface area contributed by atoms with Crippen LogP contribution in [0, 0.1) is 0 Å². The summed E-state index contributed by atoms with van der Waals surface area (Å²) in [6.45, 7) is 4.36. The van der Waals surface area contributed by atoms with Gasteiger partial charge in [0.1, 0.15) is 12.2 Å². The van der Waals surface area contributed by atoms with Crippen molar-refractivity contribution in [2.45, 2.75) is 76.9 Å². The number of aromatic nitrogens is 6. The molecule has 0 unspecified atom stereocenters. The van der Waals surface area contributed by atoms with Gasteiger partial charge in [-0.05, 0) is 6.42 Å². The third kappa shape index (κ3) is 6.41. The summed E-state index contributed by atoms with van der Waals surface area (Å²) in [4.78, 5) is 62.5. The largest absolute Gasteiger partial charge is 0.458 e. The van der Waals surface area contributed by atoms with Crippen LogP contribution < -0.4 is 21.2 Å². The highest BCUT2D eigenvalue weighted by molar-refractivity contribution is 7.16. The lowest BCUT2D eigenvalue weighted by Crippen LogP contribution is -2.30. The second-order valence-electron chi connectivity index (χ2n) is 9.96. The molecule has 0 spiro atoms. The molecule has 6 heterocycles. The number of fused-ring (bicyclic) bond motifs is 2. The van der Waals surface area contributed by atoms with Gasteiger partial charge in [0, 0.05) is 26.7 Å². The van der Waals surface area contributed by atoms with E-state index in [-0.39, 0.29) is 34.4 Å². The monoisotopic (exact) mass is 650 g/mol. The van der Waals surface area contributed by atoms with Crippen molar-refractivity contribution in [1.82, 2.24) is 29.1 Å². The fraction of sp³-hybridized carbons (Fsp3) is 0.520. The number of aliphatic hydroxyl groups is 1. The van der Waals surface area contributed by atoms with Crippen LogP contribution in [0.1, 0.15) is 52.5 Å². The second kappa shape index (κ2) is 12.9. The molecule has 17 nitrogen and oxygen atoms in total. The SMILES string of the molecule is CC(=O)O[C@@H]1C[C@@H](CO)O[C@H]1n1c(=O)sc2cnc(N)nc21.CC[C@@H]1C[C@@H](OC(C)=O)[C@H](n2c(=O)sc3cnc(N)nc32)O1. The topological polar surface area (TPSA) is 239 Å². The van der Waals surface area contributed by atoms with Crippen molar-refractivity contribution in [2.75, 3.05) is 18.1 Å². The van der Waals surface area contributed by atoms with E-state index in [4.69, 9.17) is 30.4 Å². The summed E-state index contributed by atoms with van der Waals surface area (Å²) in [6.07, 6.45) is 1.24. The number of nitrogen functional groups attached to an aromatic ring is 2. The van der Waals surface area contributed by atoms with Crippen molar-refractivity contribution in [3.63, 3.8) is 0 Å². The molecule has 0 bridgehead atoms. The highest BCUT2D eigenvalue weighted by Crippen LogP contribution is 2.35. The van der Waals surface area contributed by atoms with Gasteiger partial charge in [0.2, 0.25) is 11.9 Å². The van der Waals surface area contributed by atoms with Gasteiger partial charge in [0.15, 0.2) is 23.8 Å². The molecule has 6 atom stereocenters. The van der Waals surface area contributed by atoms with Crippen molar-refractivity contribution >= 4 is 67.2 Å². The van der Waals surface area contributed by atoms with E-state index in [1.807, 2.05) is 6.92 Å². The van der Waals surface area contributed by atoms with Crippen molar-refractivity contribution in [2.24, 2.45) is 0 Å². The molecule has 44 heavy (non-hydrogen) atoms. The summed E-state index contributed by atoms with van der Waals surface area (Å²) in [5.41, 5.74) is 11.9. The lowest BCUT2D eigenvalue weighted by atomic mass is 10.1. The third-order valence-electron chi connectivity index (χ3n) is 6.85. The van der Waals surface area contributed by atoms with Gasteiger partial charge in [0.05, 0.1) is 40.6 Å². The molecule has 0 aromatic carbocycles. The Bertz CT molecular complexity index is 1670. The lowest BCUT2D eigenvalue weighted by Gasteiger charge is -2.19. The van der Waals surface area contributed by atoms with Crippen molar-refractivity contribution in [3.05, 3.63) is 31.7 Å². The molecule has 0 amide bonds. The lowest BCUT2D eigenvalue weighted by molar-refractivity contribution is -0.153. The van der Waals surface area contributed by atoms with Crippen molar-refractivity contribution < 1.29 is 33.6 Å². The predicted octanol–water partition coefficient (Wildman–Crippen LogP) is 0.711. The number of rotatable bonds is 6. The van der Waals surface area contributed by atoms with Crippen molar-refractivity contribution in [1.29, 1.82) is 0 Å². The normalized spacial score (nSPS) is 24.7. The zero-order valence-electron chi connectivity index (χ0n) is 23.8. The van der Waals surface area contributed by atoms with Crippen LogP contribution in [0.3, 0.4) is 0 Å². The Morgan fingerprint density at radius 2 is 1.32 bits per heavy atom. The quantitative estimate of drug-likeness (QED) is 0.244. The molecule has 4 aromatic rings. The molecule has 0 radical (unpaired) electrons. The summed E-state index contributed by atoms with van der Waals surface area (Å²) in [5, 5.41) is 9.26. The van der Waals surface area contributed by atoms with Crippen LogP contribution in [0.2, 0.25) is 0 Å². The molecule has 5 N–H and O–H groups in total. The molecular formula is C25H30N8O9S2.